The van der Waals surface area contributed by atoms with Crippen molar-refractivity contribution in [1.82, 2.24) is 10.7 Å². The standard InChI is InChI=1S/C20H21Cl2N3O3/c1-13(2)10-23-19(26)20(27)25-24-11-14-4-3-5-16(8-14)28-12-15-6-7-17(21)18(22)9-15/h3-9,11,13H,10,12H2,1-2H3,(H,23,26)(H,25,27)/b24-11-. The fourth-order valence-corrected chi connectivity index (χ4v) is 2.39. The van der Waals surface area contributed by atoms with Crippen LogP contribution in [0.1, 0.15) is 25.0 Å². The van der Waals surface area contributed by atoms with Gasteiger partial charge in [-0.1, -0.05) is 55.2 Å². The van der Waals surface area contributed by atoms with Crippen molar-refractivity contribution in [3.05, 3.63) is 63.6 Å². The van der Waals surface area contributed by atoms with Crippen molar-refractivity contribution < 1.29 is 14.3 Å². The Morgan fingerprint density at radius 2 is 1.89 bits per heavy atom. The number of carbonyl (C=O) groups excluding carboxylic acids is 2. The molecular weight excluding hydrogens is 401 g/mol. The minimum absolute atomic E-state index is 0.256. The molecule has 0 fully saturated rings. The van der Waals surface area contributed by atoms with E-state index in [4.69, 9.17) is 27.9 Å². The second kappa shape index (κ2) is 10.7. The number of halogens is 2. The molecule has 0 aromatic heterocycles. The van der Waals surface area contributed by atoms with Crippen molar-refractivity contribution in [2.75, 3.05) is 6.54 Å². The van der Waals surface area contributed by atoms with Crippen molar-refractivity contribution >= 4 is 41.2 Å². The van der Waals surface area contributed by atoms with Crippen LogP contribution < -0.4 is 15.5 Å². The molecular formula is C20H21Cl2N3O3. The summed E-state index contributed by atoms with van der Waals surface area (Å²) in [6.45, 7) is 4.62. The highest BCUT2D eigenvalue weighted by Gasteiger charge is 2.12. The number of hydrazone groups is 1. The summed E-state index contributed by atoms with van der Waals surface area (Å²) in [5, 5.41) is 7.27. The van der Waals surface area contributed by atoms with Crippen LogP contribution in [0.3, 0.4) is 0 Å². The molecule has 0 aliphatic heterocycles. The van der Waals surface area contributed by atoms with Crippen LogP contribution in [-0.4, -0.2) is 24.6 Å². The second-order valence-corrected chi connectivity index (χ2v) is 7.23. The van der Waals surface area contributed by atoms with Gasteiger partial charge in [-0.25, -0.2) is 5.43 Å². The molecule has 8 heteroatoms. The highest BCUT2D eigenvalue weighted by atomic mass is 35.5. The lowest BCUT2D eigenvalue weighted by Crippen LogP contribution is -2.39. The highest BCUT2D eigenvalue weighted by molar-refractivity contribution is 6.42. The molecule has 28 heavy (non-hydrogen) atoms. The Balaban J connectivity index is 1.88. The van der Waals surface area contributed by atoms with Gasteiger partial charge >= 0.3 is 11.8 Å². The number of nitrogens with one attached hydrogen (secondary N) is 2. The van der Waals surface area contributed by atoms with E-state index in [-0.39, 0.29) is 5.92 Å². The smallest absolute Gasteiger partial charge is 0.329 e. The topological polar surface area (TPSA) is 79.8 Å². The Labute approximate surface area is 173 Å². The highest BCUT2D eigenvalue weighted by Crippen LogP contribution is 2.23. The Kier molecular flexibility index (Phi) is 8.29. The van der Waals surface area contributed by atoms with Crippen LogP contribution in [0.15, 0.2) is 47.6 Å². The third-order valence-electron chi connectivity index (χ3n) is 3.50. The number of hydrogen-bond acceptors (Lipinski definition) is 4. The van der Waals surface area contributed by atoms with Crippen LogP contribution in [0.2, 0.25) is 10.0 Å². The van der Waals surface area contributed by atoms with Gasteiger partial charge < -0.3 is 10.1 Å². The number of rotatable bonds is 7. The molecule has 0 aliphatic rings. The van der Waals surface area contributed by atoms with Gasteiger partial charge in [0, 0.05) is 6.54 Å². The summed E-state index contributed by atoms with van der Waals surface area (Å²) in [7, 11) is 0. The van der Waals surface area contributed by atoms with Crippen LogP contribution in [0.5, 0.6) is 5.75 Å². The van der Waals surface area contributed by atoms with Gasteiger partial charge in [-0.3, -0.25) is 9.59 Å². The lowest BCUT2D eigenvalue weighted by atomic mass is 10.2. The van der Waals surface area contributed by atoms with E-state index in [0.29, 0.717) is 34.5 Å². The van der Waals surface area contributed by atoms with Crippen molar-refractivity contribution in [3.8, 4) is 5.75 Å². The Bertz CT molecular complexity index is 870. The second-order valence-electron chi connectivity index (χ2n) is 6.41. The Morgan fingerprint density at radius 3 is 2.61 bits per heavy atom. The van der Waals surface area contributed by atoms with E-state index in [9.17, 15) is 9.59 Å². The number of ether oxygens (including phenoxy) is 1. The van der Waals surface area contributed by atoms with Gasteiger partial charge in [0.05, 0.1) is 16.3 Å². The molecule has 6 nitrogen and oxygen atoms in total. The summed E-state index contributed by atoms with van der Waals surface area (Å²) in [5.41, 5.74) is 3.78. The molecule has 2 aromatic rings. The average molecular weight is 422 g/mol. The third kappa shape index (κ3) is 7.21. The van der Waals surface area contributed by atoms with Gasteiger partial charge in [0.25, 0.3) is 0 Å². The maximum atomic E-state index is 11.6. The molecule has 0 aliphatic carbocycles. The molecule has 0 atom stereocenters. The SMILES string of the molecule is CC(C)CNC(=O)C(=O)N/N=C\c1cccc(OCc2ccc(Cl)c(Cl)c2)c1. The number of nitrogens with zero attached hydrogens (tertiary/aromatic N) is 1. The summed E-state index contributed by atoms with van der Waals surface area (Å²) in [6.07, 6.45) is 1.43. The normalized spacial score (nSPS) is 10.9. The van der Waals surface area contributed by atoms with Crippen molar-refractivity contribution in [1.29, 1.82) is 0 Å². The van der Waals surface area contributed by atoms with Crippen molar-refractivity contribution in [2.45, 2.75) is 20.5 Å². The molecule has 0 heterocycles. The average Bonchev–Trinajstić information content (AvgIpc) is 2.67. The largest absolute Gasteiger partial charge is 0.489 e. The maximum Gasteiger partial charge on any atom is 0.329 e. The molecule has 0 saturated carbocycles. The molecule has 0 saturated heterocycles. The first-order chi connectivity index (χ1) is 13.3. The third-order valence-corrected chi connectivity index (χ3v) is 4.24. The van der Waals surface area contributed by atoms with Gasteiger partial charge in [0.15, 0.2) is 0 Å². The van der Waals surface area contributed by atoms with E-state index >= 15 is 0 Å². The van der Waals surface area contributed by atoms with E-state index in [2.05, 4.69) is 15.8 Å². The predicted molar refractivity (Wildman–Crippen MR) is 111 cm³/mol. The van der Waals surface area contributed by atoms with Gasteiger partial charge in [-0.05, 0) is 41.3 Å². The van der Waals surface area contributed by atoms with Gasteiger partial charge in [0.1, 0.15) is 12.4 Å². The van der Waals surface area contributed by atoms with Gasteiger partial charge in [-0.2, -0.15) is 5.10 Å². The van der Waals surface area contributed by atoms with E-state index in [1.807, 2.05) is 19.9 Å². The summed E-state index contributed by atoms with van der Waals surface area (Å²) in [4.78, 5) is 23.2. The summed E-state index contributed by atoms with van der Waals surface area (Å²) < 4.78 is 5.73. The predicted octanol–water partition coefficient (Wildman–Crippen LogP) is 3.79. The molecule has 0 bridgehead atoms. The summed E-state index contributed by atoms with van der Waals surface area (Å²) in [5.74, 6) is -0.656. The Hall–Kier alpha value is -2.57. The first kappa shape index (κ1) is 21.7. The fraction of sp³-hybridized carbons (Fsp3) is 0.250. The molecule has 0 radical (unpaired) electrons. The minimum Gasteiger partial charge on any atom is -0.489 e. The monoisotopic (exact) mass is 421 g/mol. The van der Waals surface area contributed by atoms with Crippen molar-refractivity contribution in [2.24, 2.45) is 11.0 Å². The van der Waals surface area contributed by atoms with E-state index in [1.54, 1.807) is 36.4 Å². The van der Waals surface area contributed by atoms with Crippen LogP contribution in [0.25, 0.3) is 0 Å². The van der Waals surface area contributed by atoms with Gasteiger partial charge in [0.2, 0.25) is 0 Å². The van der Waals surface area contributed by atoms with Crippen LogP contribution in [0, 0.1) is 5.92 Å². The molecule has 0 unspecified atom stereocenters. The molecule has 2 rings (SSSR count). The van der Waals surface area contributed by atoms with Crippen molar-refractivity contribution in [3.63, 3.8) is 0 Å². The summed E-state index contributed by atoms with van der Waals surface area (Å²) >= 11 is 11.9. The maximum absolute atomic E-state index is 11.6. The van der Waals surface area contributed by atoms with Crippen LogP contribution in [0.4, 0.5) is 0 Å². The number of carbonyl (C=O) groups is 2. The lowest BCUT2D eigenvalue weighted by molar-refractivity contribution is -0.139. The van der Waals surface area contributed by atoms with E-state index in [0.717, 1.165) is 5.56 Å². The first-order valence-corrected chi connectivity index (χ1v) is 9.38. The van der Waals surface area contributed by atoms with E-state index in [1.165, 1.54) is 6.21 Å². The quantitative estimate of drug-likeness (QED) is 0.405. The Morgan fingerprint density at radius 1 is 1.11 bits per heavy atom. The minimum atomic E-state index is -0.816. The molecule has 148 valence electrons. The number of benzene rings is 2. The zero-order chi connectivity index (χ0) is 20.5. The number of amides is 2. The zero-order valence-electron chi connectivity index (χ0n) is 15.5. The molecule has 2 N–H and O–H groups in total. The molecule has 2 aromatic carbocycles. The fourth-order valence-electron chi connectivity index (χ4n) is 2.07. The van der Waals surface area contributed by atoms with Crippen LogP contribution >= 0.6 is 23.2 Å². The van der Waals surface area contributed by atoms with Gasteiger partial charge in [-0.15, -0.1) is 0 Å². The first-order valence-electron chi connectivity index (χ1n) is 8.63. The van der Waals surface area contributed by atoms with Crippen LogP contribution in [-0.2, 0) is 16.2 Å². The van der Waals surface area contributed by atoms with E-state index < -0.39 is 11.8 Å². The molecule has 2 amide bonds. The number of hydrogen-bond donors (Lipinski definition) is 2. The zero-order valence-corrected chi connectivity index (χ0v) is 17.1. The molecule has 0 spiro atoms. The lowest BCUT2D eigenvalue weighted by Gasteiger charge is -2.08. The summed E-state index contributed by atoms with van der Waals surface area (Å²) in [6, 6.07) is 12.4.